The summed E-state index contributed by atoms with van der Waals surface area (Å²) in [5.41, 5.74) is 7.95. The topological polar surface area (TPSA) is 37.2 Å². The van der Waals surface area contributed by atoms with Gasteiger partial charge >= 0.3 is 0 Å². The lowest BCUT2D eigenvalue weighted by Gasteiger charge is -2.10. The Bertz CT molecular complexity index is 1060. The first-order valence-electron chi connectivity index (χ1n) is 8.58. The fraction of sp³-hybridized carbons (Fsp3) is 0.182. The van der Waals surface area contributed by atoms with Crippen LogP contribution in [0.25, 0.3) is 21.9 Å². The van der Waals surface area contributed by atoms with E-state index >= 15 is 0 Å². The van der Waals surface area contributed by atoms with E-state index in [2.05, 4.69) is 60.9 Å². The second-order valence-corrected chi connectivity index (χ2v) is 6.56. The molecule has 0 atom stereocenters. The first-order chi connectivity index (χ1) is 12.1. The molecule has 4 aromatic rings. The lowest BCUT2D eigenvalue weighted by Crippen LogP contribution is -2.01. The Morgan fingerprint density at radius 1 is 0.800 bits per heavy atom. The summed E-state index contributed by atoms with van der Waals surface area (Å²) in [6.07, 6.45) is 0. The van der Waals surface area contributed by atoms with Crippen LogP contribution in [0.2, 0.25) is 0 Å². The van der Waals surface area contributed by atoms with Crippen LogP contribution in [-0.2, 0) is 6.54 Å². The SMILES string of the molecule is CNc1ccc2oc3ccc(NCc4cc(C)ccc4C)cc3c2c1. The van der Waals surface area contributed by atoms with Crippen LogP contribution in [0.5, 0.6) is 0 Å². The highest BCUT2D eigenvalue weighted by Crippen LogP contribution is 2.32. The number of benzene rings is 3. The summed E-state index contributed by atoms with van der Waals surface area (Å²) in [6.45, 7) is 5.10. The quantitative estimate of drug-likeness (QED) is 0.492. The fourth-order valence-electron chi connectivity index (χ4n) is 3.23. The van der Waals surface area contributed by atoms with Crippen LogP contribution in [-0.4, -0.2) is 7.05 Å². The highest BCUT2D eigenvalue weighted by molar-refractivity contribution is 6.07. The number of furan rings is 1. The van der Waals surface area contributed by atoms with Crippen molar-refractivity contribution in [2.45, 2.75) is 20.4 Å². The van der Waals surface area contributed by atoms with Gasteiger partial charge in [-0.15, -0.1) is 0 Å². The normalized spacial score (nSPS) is 11.2. The van der Waals surface area contributed by atoms with Gasteiger partial charge in [0.2, 0.25) is 0 Å². The summed E-state index contributed by atoms with van der Waals surface area (Å²) in [7, 11) is 1.93. The molecule has 3 heteroatoms. The van der Waals surface area contributed by atoms with Gasteiger partial charge in [0.05, 0.1) is 0 Å². The van der Waals surface area contributed by atoms with Gasteiger partial charge in [0.15, 0.2) is 0 Å². The molecular weight excluding hydrogens is 308 g/mol. The van der Waals surface area contributed by atoms with Crippen molar-refractivity contribution in [2.75, 3.05) is 17.7 Å². The minimum atomic E-state index is 0.816. The van der Waals surface area contributed by atoms with Crippen LogP contribution in [0.3, 0.4) is 0 Å². The predicted octanol–water partition coefficient (Wildman–Crippen LogP) is 5.86. The van der Waals surface area contributed by atoms with E-state index in [0.717, 1.165) is 39.9 Å². The average molecular weight is 330 g/mol. The van der Waals surface area contributed by atoms with Gasteiger partial charge in [-0.25, -0.2) is 0 Å². The second-order valence-electron chi connectivity index (χ2n) is 6.56. The van der Waals surface area contributed by atoms with Gasteiger partial charge in [0.25, 0.3) is 0 Å². The maximum atomic E-state index is 5.95. The van der Waals surface area contributed by atoms with E-state index in [-0.39, 0.29) is 0 Å². The zero-order chi connectivity index (χ0) is 17.4. The molecule has 126 valence electrons. The Hall–Kier alpha value is -2.94. The van der Waals surface area contributed by atoms with Gasteiger partial charge in [0, 0.05) is 35.7 Å². The van der Waals surface area contributed by atoms with E-state index in [4.69, 9.17) is 4.42 Å². The third-order valence-electron chi connectivity index (χ3n) is 4.75. The Kier molecular flexibility index (Phi) is 3.85. The number of hydrogen-bond acceptors (Lipinski definition) is 3. The van der Waals surface area contributed by atoms with Gasteiger partial charge in [-0.2, -0.15) is 0 Å². The van der Waals surface area contributed by atoms with Crippen molar-refractivity contribution in [1.29, 1.82) is 0 Å². The van der Waals surface area contributed by atoms with E-state index in [9.17, 15) is 0 Å². The predicted molar refractivity (Wildman–Crippen MR) is 107 cm³/mol. The molecule has 0 aliphatic rings. The molecule has 0 aliphatic heterocycles. The van der Waals surface area contributed by atoms with Crippen molar-refractivity contribution >= 4 is 33.3 Å². The Labute approximate surface area is 147 Å². The van der Waals surface area contributed by atoms with Gasteiger partial charge < -0.3 is 15.1 Å². The first-order valence-corrected chi connectivity index (χ1v) is 8.58. The zero-order valence-corrected chi connectivity index (χ0v) is 14.8. The van der Waals surface area contributed by atoms with Crippen LogP contribution in [0, 0.1) is 13.8 Å². The summed E-state index contributed by atoms with van der Waals surface area (Å²) >= 11 is 0. The molecule has 3 nitrogen and oxygen atoms in total. The summed E-state index contributed by atoms with van der Waals surface area (Å²) in [6, 6.07) is 19.1. The van der Waals surface area contributed by atoms with E-state index in [1.165, 1.54) is 16.7 Å². The molecule has 0 radical (unpaired) electrons. The smallest absolute Gasteiger partial charge is 0.135 e. The molecule has 0 saturated carbocycles. The molecule has 0 spiro atoms. The molecule has 1 aromatic heterocycles. The number of hydrogen-bond donors (Lipinski definition) is 2. The van der Waals surface area contributed by atoms with Crippen LogP contribution >= 0.6 is 0 Å². The van der Waals surface area contributed by atoms with Crippen LogP contribution in [0.15, 0.2) is 59.0 Å². The van der Waals surface area contributed by atoms with Gasteiger partial charge in [-0.05, 0) is 61.4 Å². The maximum absolute atomic E-state index is 5.95. The number of rotatable bonds is 4. The molecule has 0 amide bonds. The largest absolute Gasteiger partial charge is 0.456 e. The van der Waals surface area contributed by atoms with Crippen LogP contribution < -0.4 is 10.6 Å². The van der Waals surface area contributed by atoms with E-state index in [0.29, 0.717) is 0 Å². The summed E-state index contributed by atoms with van der Waals surface area (Å²) in [4.78, 5) is 0. The number of aryl methyl sites for hydroxylation is 2. The molecule has 1 heterocycles. The molecule has 2 N–H and O–H groups in total. The maximum Gasteiger partial charge on any atom is 0.135 e. The van der Waals surface area contributed by atoms with Crippen molar-refractivity contribution in [3.63, 3.8) is 0 Å². The number of fused-ring (bicyclic) bond motifs is 3. The van der Waals surface area contributed by atoms with Gasteiger partial charge in [0.1, 0.15) is 11.2 Å². The van der Waals surface area contributed by atoms with Crippen molar-refractivity contribution in [2.24, 2.45) is 0 Å². The van der Waals surface area contributed by atoms with Gasteiger partial charge in [-0.1, -0.05) is 23.8 Å². The Balaban J connectivity index is 1.68. The zero-order valence-electron chi connectivity index (χ0n) is 14.8. The van der Waals surface area contributed by atoms with E-state index in [1.54, 1.807) is 0 Å². The molecular formula is C22H22N2O. The van der Waals surface area contributed by atoms with Crippen molar-refractivity contribution < 1.29 is 4.42 Å². The van der Waals surface area contributed by atoms with Crippen molar-refractivity contribution in [3.8, 4) is 0 Å². The third-order valence-corrected chi connectivity index (χ3v) is 4.75. The third kappa shape index (κ3) is 2.93. The fourth-order valence-corrected chi connectivity index (χ4v) is 3.23. The highest BCUT2D eigenvalue weighted by atomic mass is 16.3. The molecule has 25 heavy (non-hydrogen) atoms. The van der Waals surface area contributed by atoms with E-state index < -0.39 is 0 Å². The molecule has 4 rings (SSSR count). The Morgan fingerprint density at radius 3 is 2.20 bits per heavy atom. The van der Waals surface area contributed by atoms with Crippen LogP contribution in [0.4, 0.5) is 11.4 Å². The number of nitrogens with one attached hydrogen (secondary N) is 2. The molecule has 0 bridgehead atoms. The molecule has 0 aliphatic carbocycles. The van der Waals surface area contributed by atoms with Crippen molar-refractivity contribution in [1.82, 2.24) is 0 Å². The monoisotopic (exact) mass is 330 g/mol. The lowest BCUT2D eigenvalue weighted by atomic mass is 10.1. The van der Waals surface area contributed by atoms with Crippen LogP contribution in [0.1, 0.15) is 16.7 Å². The van der Waals surface area contributed by atoms with Crippen molar-refractivity contribution in [3.05, 3.63) is 71.3 Å². The first kappa shape index (κ1) is 15.6. The summed E-state index contributed by atoms with van der Waals surface area (Å²) < 4.78 is 5.95. The molecule has 3 aromatic carbocycles. The highest BCUT2D eigenvalue weighted by Gasteiger charge is 2.08. The van der Waals surface area contributed by atoms with Gasteiger partial charge in [-0.3, -0.25) is 0 Å². The summed E-state index contributed by atoms with van der Waals surface area (Å²) in [5, 5.41) is 9.01. The average Bonchev–Trinajstić information content (AvgIpc) is 2.99. The number of anilines is 2. The second kappa shape index (κ2) is 6.17. The Morgan fingerprint density at radius 2 is 1.48 bits per heavy atom. The molecule has 0 unspecified atom stereocenters. The standard InChI is InChI=1S/C22H22N2O/c1-14-4-5-15(2)16(10-14)13-24-18-7-9-22-20(12-18)19-11-17(23-3)6-8-21(19)25-22/h4-12,23-24H,13H2,1-3H3. The minimum Gasteiger partial charge on any atom is -0.456 e. The summed E-state index contributed by atoms with van der Waals surface area (Å²) in [5.74, 6) is 0. The van der Waals surface area contributed by atoms with E-state index in [1.807, 2.05) is 25.2 Å². The molecule has 0 fully saturated rings. The minimum absolute atomic E-state index is 0.816. The molecule has 0 saturated heterocycles. The lowest BCUT2D eigenvalue weighted by molar-refractivity contribution is 0.669.